The van der Waals surface area contributed by atoms with Gasteiger partial charge in [0.1, 0.15) is 18.2 Å². The maximum Gasteiger partial charge on any atom is 0.166 e. The minimum Gasteiger partial charge on any atom is -0.493 e. The number of benzene rings is 2. The number of hydrazine groups is 1. The predicted octanol–water partition coefficient (Wildman–Crippen LogP) is 5.32. The van der Waals surface area contributed by atoms with Gasteiger partial charge in [-0.25, -0.2) is 19.4 Å². The Morgan fingerprint density at radius 3 is 2.69 bits per heavy atom. The van der Waals surface area contributed by atoms with Crippen LogP contribution in [0.1, 0.15) is 12.8 Å². The third kappa shape index (κ3) is 4.67. The zero-order valence-electron chi connectivity index (χ0n) is 17.4. The van der Waals surface area contributed by atoms with E-state index in [0.717, 1.165) is 25.9 Å². The molecule has 0 unspecified atom stereocenters. The number of ether oxygens (including phenoxy) is 2. The van der Waals surface area contributed by atoms with Gasteiger partial charge < -0.3 is 20.2 Å². The first kappa shape index (κ1) is 22.4. The molecule has 0 bridgehead atoms. The lowest BCUT2D eigenvalue weighted by Crippen LogP contribution is -2.43. The fourth-order valence-electron chi connectivity index (χ4n) is 3.58. The molecule has 1 aliphatic heterocycles. The molecule has 1 saturated heterocycles. The van der Waals surface area contributed by atoms with Gasteiger partial charge in [0.25, 0.3) is 0 Å². The first-order valence-corrected chi connectivity index (χ1v) is 10.8. The number of hydrogen-bond acceptors (Lipinski definition) is 7. The molecule has 0 atom stereocenters. The van der Waals surface area contributed by atoms with Crippen LogP contribution in [0.15, 0.2) is 43.4 Å². The topological polar surface area (TPSA) is 71.5 Å². The zero-order chi connectivity index (χ0) is 22.7. The van der Waals surface area contributed by atoms with Crippen LogP contribution in [0.25, 0.3) is 10.9 Å². The van der Waals surface area contributed by atoms with Gasteiger partial charge in [0.2, 0.25) is 0 Å². The largest absolute Gasteiger partial charge is 0.493 e. The number of aromatic nitrogens is 2. The summed E-state index contributed by atoms with van der Waals surface area (Å²) in [7, 11) is 1.58. The van der Waals surface area contributed by atoms with E-state index in [0.29, 0.717) is 28.2 Å². The molecule has 0 radical (unpaired) electrons. The highest BCUT2D eigenvalue weighted by atomic mass is 35.5. The highest BCUT2D eigenvalue weighted by Gasteiger charge is 2.22. The third-order valence-electron chi connectivity index (χ3n) is 5.22. The molecule has 3 aromatic rings. The predicted molar refractivity (Wildman–Crippen MR) is 124 cm³/mol. The summed E-state index contributed by atoms with van der Waals surface area (Å²) >= 11 is 11.8. The second-order valence-corrected chi connectivity index (χ2v) is 8.01. The van der Waals surface area contributed by atoms with E-state index in [2.05, 4.69) is 32.3 Å². The maximum absolute atomic E-state index is 14.6. The van der Waals surface area contributed by atoms with Crippen LogP contribution in [0.3, 0.4) is 0 Å². The number of nitrogens with zero attached hydrogens (tertiary/aromatic N) is 3. The van der Waals surface area contributed by atoms with E-state index in [-0.39, 0.29) is 21.8 Å². The number of methoxy groups -OCH3 is 1. The van der Waals surface area contributed by atoms with E-state index in [1.54, 1.807) is 25.4 Å². The van der Waals surface area contributed by atoms with Gasteiger partial charge in [-0.1, -0.05) is 29.8 Å². The molecule has 1 aliphatic rings. The van der Waals surface area contributed by atoms with Crippen LogP contribution in [-0.4, -0.2) is 41.3 Å². The van der Waals surface area contributed by atoms with Gasteiger partial charge in [-0.2, -0.15) is 0 Å². The monoisotopic (exact) mass is 477 g/mol. The SMILES string of the molecule is C=CNN1CCC(Oc2cc3c(Nc4ccc(Cl)c(Cl)c4F)ncnc3cc2OC)CC1. The van der Waals surface area contributed by atoms with E-state index < -0.39 is 5.82 Å². The highest BCUT2D eigenvalue weighted by Crippen LogP contribution is 2.37. The van der Waals surface area contributed by atoms with Crippen LogP contribution < -0.4 is 20.2 Å². The molecule has 0 aliphatic carbocycles. The van der Waals surface area contributed by atoms with Gasteiger partial charge in [0, 0.05) is 30.7 Å². The Kier molecular flexibility index (Phi) is 6.83. The number of halogens is 3. The molecule has 2 heterocycles. The molecule has 32 heavy (non-hydrogen) atoms. The Bertz CT molecular complexity index is 1140. The summed E-state index contributed by atoms with van der Waals surface area (Å²) in [5.74, 6) is 0.887. The summed E-state index contributed by atoms with van der Waals surface area (Å²) in [5.41, 5.74) is 3.88. The molecule has 1 aromatic heterocycles. The van der Waals surface area contributed by atoms with Crippen LogP contribution in [0.4, 0.5) is 15.9 Å². The van der Waals surface area contributed by atoms with Crippen molar-refractivity contribution in [2.24, 2.45) is 0 Å². The van der Waals surface area contributed by atoms with Crippen molar-refractivity contribution in [3.05, 3.63) is 59.2 Å². The molecule has 2 aromatic carbocycles. The van der Waals surface area contributed by atoms with Crippen LogP contribution in [0.2, 0.25) is 10.0 Å². The molecular formula is C22H22Cl2FN5O2. The molecule has 7 nitrogen and oxygen atoms in total. The number of rotatable bonds is 7. The summed E-state index contributed by atoms with van der Waals surface area (Å²) in [6.45, 7) is 5.36. The Hall–Kier alpha value is -2.81. The average Bonchev–Trinajstić information content (AvgIpc) is 2.81. The molecule has 2 N–H and O–H groups in total. The fourth-order valence-corrected chi connectivity index (χ4v) is 3.89. The number of piperidine rings is 1. The molecule has 168 valence electrons. The summed E-state index contributed by atoms with van der Waals surface area (Å²) < 4.78 is 26.4. The Morgan fingerprint density at radius 2 is 1.97 bits per heavy atom. The van der Waals surface area contributed by atoms with Crippen molar-refractivity contribution in [2.75, 3.05) is 25.5 Å². The second-order valence-electron chi connectivity index (χ2n) is 7.23. The van der Waals surface area contributed by atoms with Crippen molar-refractivity contribution in [2.45, 2.75) is 18.9 Å². The number of nitrogens with one attached hydrogen (secondary N) is 2. The summed E-state index contributed by atoms with van der Waals surface area (Å²) in [6, 6.07) is 6.60. The fraction of sp³-hybridized carbons (Fsp3) is 0.273. The molecule has 0 saturated carbocycles. The van der Waals surface area contributed by atoms with Crippen molar-refractivity contribution < 1.29 is 13.9 Å². The molecule has 4 rings (SSSR count). The third-order valence-corrected chi connectivity index (χ3v) is 6.00. The van der Waals surface area contributed by atoms with Crippen LogP contribution in [0.5, 0.6) is 11.5 Å². The van der Waals surface area contributed by atoms with Crippen molar-refractivity contribution in [1.29, 1.82) is 0 Å². The van der Waals surface area contributed by atoms with Gasteiger partial charge >= 0.3 is 0 Å². The average molecular weight is 478 g/mol. The minimum absolute atomic E-state index is 0.0257. The van der Waals surface area contributed by atoms with Gasteiger partial charge in [0.15, 0.2) is 17.3 Å². The summed E-state index contributed by atoms with van der Waals surface area (Å²) in [4.78, 5) is 8.60. The molecule has 1 fully saturated rings. The van der Waals surface area contributed by atoms with E-state index >= 15 is 0 Å². The normalized spacial score (nSPS) is 14.9. The maximum atomic E-state index is 14.6. The lowest BCUT2D eigenvalue weighted by Gasteiger charge is -2.32. The lowest BCUT2D eigenvalue weighted by atomic mass is 10.1. The van der Waals surface area contributed by atoms with E-state index in [4.69, 9.17) is 32.7 Å². The van der Waals surface area contributed by atoms with Gasteiger partial charge in [-0.3, -0.25) is 0 Å². The summed E-state index contributed by atoms with van der Waals surface area (Å²) in [6.07, 6.45) is 4.76. The summed E-state index contributed by atoms with van der Waals surface area (Å²) in [5, 5.41) is 5.70. The van der Waals surface area contributed by atoms with Crippen molar-refractivity contribution in [3.63, 3.8) is 0 Å². The van der Waals surface area contributed by atoms with Crippen LogP contribution in [-0.2, 0) is 0 Å². The second kappa shape index (κ2) is 9.77. The van der Waals surface area contributed by atoms with Crippen LogP contribution >= 0.6 is 23.2 Å². The van der Waals surface area contributed by atoms with Crippen molar-refractivity contribution in [3.8, 4) is 11.5 Å². The first-order chi connectivity index (χ1) is 15.5. The quantitative estimate of drug-likeness (QED) is 0.446. The Labute approximate surface area is 195 Å². The van der Waals surface area contributed by atoms with E-state index in [1.807, 2.05) is 0 Å². The Morgan fingerprint density at radius 1 is 1.19 bits per heavy atom. The number of hydrogen-bond donors (Lipinski definition) is 2. The molecule has 0 spiro atoms. The Balaban J connectivity index is 1.63. The van der Waals surface area contributed by atoms with E-state index in [1.165, 1.54) is 18.5 Å². The smallest absolute Gasteiger partial charge is 0.166 e. The zero-order valence-corrected chi connectivity index (χ0v) is 18.9. The molecular weight excluding hydrogens is 456 g/mol. The minimum atomic E-state index is -0.657. The number of fused-ring (bicyclic) bond motifs is 1. The van der Waals surface area contributed by atoms with Crippen molar-refractivity contribution >= 4 is 45.6 Å². The lowest BCUT2D eigenvalue weighted by molar-refractivity contribution is 0.0800. The highest BCUT2D eigenvalue weighted by molar-refractivity contribution is 6.42. The van der Waals surface area contributed by atoms with Gasteiger partial charge in [0.05, 0.1) is 28.4 Å². The standard InChI is InChI=1S/C22H22Cl2FN5O2/c1-3-28-30-8-6-13(7-9-30)32-19-10-14-17(11-18(19)31-2)26-12-27-22(14)29-16-5-4-15(23)20(24)21(16)25/h3-5,10-13,28H,1,6-9H2,2H3,(H,26,27,29). The number of anilines is 2. The van der Waals surface area contributed by atoms with Gasteiger partial charge in [-0.15, -0.1) is 0 Å². The van der Waals surface area contributed by atoms with Crippen molar-refractivity contribution in [1.82, 2.24) is 20.4 Å². The molecule has 10 heteroatoms. The van der Waals surface area contributed by atoms with Gasteiger partial charge in [-0.05, 0) is 31.0 Å². The molecule has 0 amide bonds. The van der Waals surface area contributed by atoms with Crippen LogP contribution in [0, 0.1) is 5.82 Å². The van der Waals surface area contributed by atoms with E-state index in [9.17, 15) is 4.39 Å². The first-order valence-electron chi connectivity index (χ1n) is 10.0.